The van der Waals surface area contributed by atoms with Crippen molar-refractivity contribution in [1.82, 2.24) is 19.8 Å². The Morgan fingerprint density at radius 3 is 2.89 bits per heavy atom. The molecule has 0 aliphatic carbocycles. The summed E-state index contributed by atoms with van der Waals surface area (Å²) in [5.41, 5.74) is 1.32. The van der Waals surface area contributed by atoms with Crippen molar-refractivity contribution in [1.29, 1.82) is 0 Å². The average Bonchev–Trinajstić information content (AvgIpc) is 2.80. The van der Waals surface area contributed by atoms with Gasteiger partial charge in [0.15, 0.2) is 0 Å². The predicted octanol–water partition coefficient (Wildman–Crippen LogP) is 1.72. The lowest BCUT2D eigenvalue weighted by atomic mass is 9.97. The Hall–Kier alpha value is -0.870. The van der Waals surface area contributed by atoms with Crippen LogP contribution in [0.2, 0.25) is 0 Å². The maximum absolute atomic E-state index is 4.29. The van der Waals surface area contributed by atoms with Crippen LogP contribution in [-0.2, 0) is 13.1 Å². The van der Waals surface area contributed by atoms with Gasteiger partial charge in [-0.05, 0) is 51.9 Å². The van der Waals surface area contributed by atoms with Crippen LogP contribution < -0.4 is 5.32 Å². The zero-order valence-electron chi connectivity index (χ0n) is 11.7. The largest absolute Gasteiger partial charge is 0.333 e. The highest BCUT2D eigenvalue weighted by atomic mass is 15.1. The Morgan fingerprint density at radius 2 is 2.17 bits per heavy atom. The zero-order valence-corrected chi connectivity index (χ0v) is 11.7. The van der Waals surface area contributed by atoms with Crippen molar-refractivity contribution < 1.29 is 0 Å². The van der Waals surface area contributed by atoms with E-state index in [-0.39, 0.29) is 0 Å². The molecule has 0 bridgehead atoms. The normalized spacial score (nSPS) is 18.3. The number of hydrogen-bond acceptors (Lipinski definition) is 3. The second-order valence-electron chi connectivity index (χ2n) is 5.46. The van der Waals surface area contributed by atoms with Gasteiger partial charge >= 0.3 is 0 Å². The molecule has 0 radical (unpaired) electrons. The van der Waals surface area contributed by atoms with Gasteiger partial charge in [0.25, 0.3) is 0 Å². The van der Waals surface area contributed by atoms with Gasteiger partial charge in [0, 0.05) is 19.3 Å². The van der Waals surface area contributed by atoms with E-state index in [1.165, 1.54) is 38.0 Å². The van der Waals surface area contributed by atoms with E-state index in [9.17, 15) is 0 Å². The second-order valence-corrected chi connectivity index (χ2v) is 5.46. The standard InChI is InChI=1S/C14H26N4/c1-3-6-15-9-14-10-16-12-18(14)11-13-4-7-17(2)8-5-13/h10,12-13,15H,3-9,11H2,1-2H3. The first-order chi connectivity index (χ1) is 8.79. The van der Waals surface area contributed by atoms with Crippen molar-refractivity contribution in [2.24, 2.45) is 5.92 Å². The molecule has 1 saturated heterocycles. The SMILES string of the molecule is CCCNCc1cncn1CC1CCN(C)CC1. The summed E-state index contributed by atoms with van der Waals surface area (Å²) in [6.45, 7) is 7.84. The van der Waals surface area contributed by atoms with Crippen LogP contribution in [0.5, 0.6) is 0 Å². The van der Waals surface area contributed by atoms with E-state index in [0.717, 1.165) is 25.6 Å². The Kier molecular flexibility index (Phi) is 5.20. The summed E-state index contributed by atoms with van der Waals surface area (Å²) in [6, 6.07) is 0. The van der Waals surface area contributed by atoms with Crippen molar-refractivity contribution in [2.75, 3.05) is 26.7 Å². The van der Waals surface area contributed by atoms with E-state index in [2.05, 4.69) is 33.7 Å². The monoisotopic (exact) mass is 250 g/mol. The van der Waals surface area contributed by atoms with Gasteiger partial charge in [-0.15, -0.1) is 0 Å². The molecule has 18 heavy (non-hydrogen) atoms. The molecule has 1 aromatic heterocycles. The number of rotatable bonds is 6. The van der Waals surface area contributed by atoms with Gasteiger partial charge in [-0.25, -0.2) is 4.98 Å². The van der Waals surface area contributed by atoms with Crippen LogP contribution in [0.4, 0.5) is 0 Å². The van der Waals surface area contributed by atoms with Crippen LogP contribution in [0.15, 0.2) is 12.5 Å². The van der Waals surface area contributed by atoms with Gasteiger partial charge in [-0.1, -0.05) is 6.92 Å². The third-order valence-electron chi connectivity index (χ3n) is 3.82. The molecule has 102 valence electrons. The van der Waals surface area contributed by atoms with Crippen LogP contribution in [-0.4, -0.2) is 41.1 Å². The summed E-state index contributed by atoms with van der Waals surface area (Å²) < 4.78 is 2.33. The van der Waals surface area contributed by atoms with E-state index < -0.39 is 0 Å². The van der Waals surface area contributed by atoms with Crippen LogP contribution in [0.25, 0.3) is 0 Å². The molecule has 1 aromatic rings. The van der Waals surface area contributed by atoms with Crippen molar-refractivity contribution in [3.63, 3.8) is 0 Å². The molecule has 0 atom stereocenters. The molecule has 4 heteroatoms. The van der Waals surface area contributed by atoms with Gasteiger partial charge in [-0.3, -0.25) is 0 Å². The molecule has 1 aliphatic heterocycles. The minimum absolute atomic E-state index is 0.820. The van der Waals surface area contributed by atoms with Crippen LogP contribution >= 0.6 is 0 Å². The molecule has 0 spiro atoms. The van der Waals surface area contributed by atoms with E-state index >= 15 is 0 Å². The first-order valence-electron chi connectivity index (χ1n) is 7.18. The molecule has 4 nitrogen and oxygen atoms in total. The van der Waals surface area contributed by atoms with Gasteiger partial charge in [-0.2, -0.15) is 0 Å². The summed E-state index contributed by atoms with van der Waals surface area (Å²) in [4.78, 5) is 6.72. The molecule has 1 aliphatic rings. The Balaban J connectivity index is 1.83. The van der Waals surface area contributed by atoms with E-state index in [1.54, 1.807) is 0 Å². The quantitative estimate of drug-likeness (QED) is 0.781. The fourth-order valence-electron chi connectivity index (χ4n) is 2.58. The molecular weight excluding hydrogens is 224 g/mol. The number of hydrogen-bond donors (Lipinski definition) is 1. The van der Waals surface area contributed by atoms with Gasteiger partial charge in [0.1, 0.15) is 0 Å². The molecule has 0 amide bonds. The first kappa shape index (κ1) is 13.6. The smallest absolute Gasteiger partial charge is 0.0948 e. The summed E-state index contributed by atoms with van der Waals surface area (Å²) in [5.74, 6) is 0.820. The number of nitrogens with one attached hydrogen (secondary N) is 1. The van der Waals surface area contributed by atoms with Crippen molar-refractivity contribution >= 4 is 0 Å². The molecule has 0 saturated carbocycles. The Morgan fingerprint density at radius 1 is 1.39 bits per heavy atom. The minimum Gasteiger partial charge on any atom is -0.333 e. The molecule has 2 rings (SSSR count). The van der Waals surface area contributed by atoms with Gasteiger partial charge in [0.05, 0.1) is 12.0 Å². The number of aromatic nitrogens is 2. The molecule has 0 unspecified atom stereocenters. The van der Waals surface area contributed by atoms with Crippen molar-refractivity contribution in [3.8, 4) is 0 Å². The highest BCUT2D eigenvalue weighted by molar-refractivity contribution is 4.98. The average molecular weight is 250 g/mol. The minimum atomic E-state index is 0.820. The molecule has 2 heterocycles. The fraction of sp³-hybridized carbons (Fsp3) is 0.786. The summed E-state index contributed by atoms with van der Waals surface area (Å²) in [5, 5.41) is 3.45. The van der Waals surface area contributed by atoms with E-state index in [4.69, 9.17) is 0 Å². The number of piperidine rings is 1. The molecular formula is C14H26N4. The molecule has 1 fully saturated rings. The topological polar surface area (TPSA) is 33.1 Å². The van der Waals surface area contributed by atoms with Crippen LogP contribution in [0.1, 0.15) is 31.9 Å². The highest BCUT2D eigenvalue weighted by Crippen LogP contribution is 2.18. The molecule has 1 N–H and O–H groups in total. The lowest BCUT2D eigenvalue weighted by Crippen LogP contribution is -2.32. The predicted molar refractivity (Wildman–Crippen MR) is 74.4 cm³/mol. The zero-order chi connectivity index (χ0) is 12.8. The second kappa shape index (κ2) is 6.90. The highest BCUT2D eigenvalue weighted by Gasteiger charge is 2.17. The Bertz CT molecular complexity index is 339. The third kappa shape index (κ3) is 3.82. The fourth-order valence-corrected chi connectivity index (χ4v) is 2.58. The summed E-state index contributed by atoms with van der Waals surface area (Å²) in [6.07, 6.45) is 7.80. The third-order valence-corrected chi connectivity index (χ3v) is 3.82. The lowest BCUT2D eigenvalue weighted by Gasteiger charge is -2.29. The van der Waals surface area contributed by atoms with Crippen molar-refractivity contribution in [3.05, 3.63) is 18.2 Å². The summed E-state index contributed by atoms with van der Waals surface area (Å²) in [7, 11) is 2.22. The van der Waals surface area contributed by atoms with Crippen LogP contribution in [0.3, 0.4) is 0 Å². The number of likely N-dealkylation sites (tertiary alicyclic amines) is 1. The van der Waals surface area contributed by atoms with Crippen LogP contribution in [0, 0.1) is 5.92 Å². The van der Waals surface area contributed by atoms with E-state index in [0.29, 0.717) is 0 Å². The maximum Gasteiger partial charge on any atom is 0.0948 e. The Labute approximate surface area is 110 Å². The van der Waals surface area contributed by atoms with Gasteiger partial charge in [0.2, 0.25) is 0 Å². The molecule has 0 aromatic carbocycles. The van der Waals surface area contributed by atoms with Gasteiger partial charge < -0.3 is 14.8 Å². The number of imidazole rings is 1. The number of nitrogens with zero attached hydrogens (tertiary/aromatic N) is 3. The van der Waals surface area contributed by atoms with E-state index in [1.807, 2.05) is 12.5 Å². The first-order valence-corrected chi connectivity index (χ1v) is 7.18. The maximum atomic E-state index is 4.29. The summed E-state index contributed by atoms with van der Waals surface area (Å²) >= 11 is 0. The van der Waals surface area contributed by atoms with Crippen molar-refractivity contribution in [2.45, 2.75) is 39.3 Å². The lowest BCUT2D eigenvalue weighted by molar-refractivity contribution is 0.204.